The third kappa shape index (κ3) is 4.96. The zero-order chi connectivity index (χ0) is 23.6. The minimum atomic E-state index is -3.95. The van der Waals surface area contributed by atoms with Crippen molar-refractivity contribution in [3.8, 4) is 0 Å². The molecule has 0 aliphatic carbocycles. The lowest BCUT2D eigenvalue weighted by molar-refractivity contribution is -0.123. The molecule has 2 heterocycles. The predicted octanol–water partition coefficient (Wildman–Crippen LogP) is 4.33. The molecule has 1 aliphatic heterocycles. The summed E-state index contributed by atoms with van der Waals surface area (Å²) in [6.45, 7) is -0.0157. The summed E-state index contributed by atoms with van der Waals surface area (Å²) in [6, 6.07) is 10.6. The quantitative estimate of drug-likeness (QED) is 0.529. The van der Waals surface area contributed by atoms with E-state index in [1.165, 1.54) is 28.8 Å². The molecule has 0 spiro atoms. The predicted molar refractivity (Wildman–Crippen MR) is 114 cm³/mol. The van der Waals surface area contributed by atoms with E-state index in [1.54, 1.807) is 12.1 Å². The summed E-state index contributed by atoms with van der Waals surface area (Å²) < 4.78 is 73.8. The highest BCUT2D eigenvalue weighted by Crippen LogP contribution is 2.29. The smallest absolute Gasteiger partial charge is 0.243 e. The fourth-order valence-electron chi connectivity index (χ4n) is 3.88. The summed E-state index contributed by atoms with van der Waals surface area (Å²) >= 11 is 0. The van der Waals surface area contributed by atoms with Crippen molar-refractivity contribution < 1.29 is 30.8 Å². The van der Waals surface area contributed by atoms with Crippen LogP contribution in [0.25, 0.3) is 0 Å². The van der Waals surface area contributed by atoms with Gasteiger partial charge in [-0.1, -0.05) is 0 Å². The van der Waals surface area contributed by atoms with E-state index in [4.69, 9.17) is 4.42 Å². The van der Waals surface area contributed by atoms with E-state index >= 15 is 0 Å². The Labute approximate surface area is 189 Å². The average molecular weight is 478 g/mol. The van der Waals surface area contributed by atoms with Crippen molar-refractivity contribution in [1.82, 2.24) is 4.31 Å². The molecule has 6 nitrogen and oxygen atoms in total. The number of anilines is 1. The van der Waals surface area contributed by atoms with Crippen LogP contribution in [0.3, 0.4) is 0 Å². The van der Waals surface area contributed by atoms with Gasteiger partial charge in [0.25, 0.3) is 0 Å². The highest BCUT2D eigenvalue weighted by molar-refractivity contribution is 7.89. The molecule has 1 amide bonds. The van der Waals surface area contributed by atoms with Gasteiger partial charge in [-0.25, -0.2) is 21.6 Å². The molecule has 1 fully saturated rings. The van der Waals surface area contributed by atoms with Crippen LogP contribution in [0, 0.1) is 23.4 Å². The minimum absolute atomic E-state index is 0.0750. The van der Waals surface area contributed by atoms with Gasteiger partial charge in [-0.05, 0) is 61.4 Å². The first-order valence-electron chi connectivity index (χ1n) is 10.3. The first kappa shape index (κ1) is 23.1. The second-order valence-electron chi connectivity index (χ2n) is 7.76. The summed E-state index contributed by atoms with van der Waals surface area (Å²) in [5.74, 6) is -3.13. The van der Waals surface area contributed by atoms with Crippen molar-refractivity contribution >= 4 is 21.6 Å². The molecular formula is C23H21F3N2O4S. The molecule has 1 saturated heterocycles. The fourth-order valence-corrected chi connectivity index (χ4v) is 5.40. The van der Waals surface area contributed by atoms with Crippen molar-refractivity contribution in [2.45, 2.75) is 24.3 Å². The molecule has 1 unspecified atom stereocenters. The number of piperidine rings is 1. The number of furan rings is 1. The Morgan fingerprint density at radius 3 is 2.45 bits per heavy atom. The van der Waals surface area contributed by atoms with Crippen LogP contribution in [0.5, 0.6) is 0 Å². The largest absolute Gasteiger partial charge is 0.467 e. The van der Waals surface area contributed by atoms with Gasteiger partial charge in [0.1, 0.15) is 23.2 Å². The number of rotatable bonds is 6. The number of hydrogen-bond acceptors (Lipinski definition) is 4. The number of nitrogens with zero attached hydrogens (tertiary/aromatic N) is 2. The van der Waals surface area contributed by atoms with Gasteiger partial charge in [0.15, 0.2) is 0 Å². The third-order valence-corrected chi connectivity index (χ3v) is 7.42. The standard InChI is InChI=1S/C23H21F3N2O4S/c24-17-5-8-20(9-6-17)33(30,31)27-11-1-3-16(14-27)23(29)28(15-19-4-2-12-32-19)22-10-7-18(25)13-21(22)26/h2,4-10,12-13,16H,1,3,11,14-15H2. The van der Waals surface area contributed by atoms with Gasteiger partial charge in [0.05, 0.1) is 29.3 Å². The second-order valence-corrected chi connectivity index (χ2v) is 9.69. The van der Waals surface area contributed by atoms with E-state index in [-0.39, 0.29) is 30.2 Å². The number of benzene rings is 2. The Bertz CT molecular complexity index is 1230. The van der Waals surface area contributed by atoms with Crippen LogP contribution in [-0.2, 0) is 21.4 Å². The Kier molecular flexibility index (Phi) is 6.57. The number of carbonyl (C=O) groups is 1. The topological polar surface area (TPSA) is 70.8 Å². The van der Waals surface area contributed by atoms with Crippen molar-refractivity contribution in [3.63, 3.8) is 0 Å². The first-order chi connectivity index (χ1) is 15.8. The lowest BCUT2D eigenvalue weighted by Crippen LogP contribution is -2.46. The molecule has 2 aromatic carbocycles. The molecule has 0 radical (unpaired) electrons. The Morgan fingerprint density at radius 2 is 1.79 bits per heavy atom. The van der Waals surface area contributed by atoms with Crippen LogP contribution >= 0.6 is 0 Å². The van der Waals surface area contributed by atoms with Crippen molar-refractivity contribution in [1.29, 1.82) is 0 Å². The zero-order valence-corrected chi connectivity index (χ0v) is 18.3. The Hall–Kier alpha value is -3.11. The monoisotopic (exact) mass is 478 g/mol. The number of hydrogen-bond donors (Lipinski definition) is 0. The van der Waals surface area contributed by atoms with Crippen molar-refractivity contribution in [3.05, 3.63) is 84.1 Å². The van der Waals surface area contributed by atoms with Gasteiger partial charge in [0, 0.05) is 19.2 Å². The number of halogens is 3. The summed E-state index contributed by atoms with van der Waals surface area (Å²) in [5, 5.41) is 0. The maximum Gasteiger partial charge on any atom is 0.243 e. The molecule has 1 aliphatic rings. The first-order valence-corrected chi connectivity index (χ1v) is 11.7. The van der Waals surface area contributed by atoms with E-state index in [1.807, 2.05) is 0 Å². The van der Waals surface area contributed by atoms with Crippen LogP contribution in [0.1, 0.15) is 18.6 Å². The van der Waals surface area contributed by atoms with E-state index in [9.17, 15) is 26.4 Å². The fraction of sp³-hybridized carbons (Fsp3) is 0.261. The van der Waals surface area contributed by atoms with Crippen LogP contribution < -0.4 is 4.90 Å². The normalized spacial score (nSPS) is 17.1. The van der Waals surface area contributed by atoms with Gasteiger partial charge >= 0.3 is 0 Å². The summed E-state index contributed by atoms with van der Waals surface area (Å²) in [5.41, 5.74) is -0.128. The van der Waals surface area contributed by atoms with Crippen molar-refractivity contribution in [2.75, 3.05) is 18.0 Å². The maximum absolute atomic E-state index is 14.6. The van der Waals surface area contributed by atoms with Gasteiger partial charge in [-0.2, -0.15) is 4.31 Å². The third-order valence-electron chi connectivity index (χ3n) is 5.55. The molecule has 0 N–H and O–H groups in total. The molecular weight excluding hydrogens is 457 g/mol. The van der Waals surface area contributed by atoms with Crippen LogP contribution in [0.4, 0.5) is 18.9 Å². The lowest BCUT2D eigenvalue weighted by Gasteiger charge is -2.34. The van der Waals surface area contributed by atoms with Crippen LogP contribution in [0.15, 0.2) is 70.2 Å². The van der Waals surface area contributed by atoms with Gasteiger partial charge < -0.3 is 9.32 Å². The maximum atomic E-state index is 14.6. The Morgan fingerprint density at radius 1 is 1.06 bits per heavy atom. The highest BCUT2D eigenvalue weighted by Gasteiger charge is 2.36. The van der Waals surface area contributed by atoms with Gasteiger partial charge in [-0.15, -0.1) is 0 Å². The number of sulfonamides is 1. The van der Waals surface area contributed by atoms with E-state index < -0.39 is 39.3 Å². The van der Waals surface area contributed by atoms with Gasteiger partial charge in [0.2, 0.25) is 15.9 Å². The summed E-state index contributed by atoms with van der Waals surface area (Å²) in [6.07, 6.45) is 2.22. The average Bonchev–Trinajstić information content (AvgIpc) is 3.31. The molecule has 10 heteroatoms. The molecule has 174 valence electrons. The second kappa shape index (κ2) is 9.40. The minimum Gasteiger partial charge on any atom is -0.467 e. The molecule has 1 atom stereocenters. The van der Waals surface area contributed by atoms with Crippen LogP contribution in [0.2, 0.25) is 0 Å². The van der Waals surface area contributed by atoms with E-state index in [0.717, 1.165) is 23.1 Å². The highest BCUT2D eigenvalue weighted by atomic mass is 32.2. The lowest BCUT2D eigenvalue weighted by atomic mass is 9.97. The van der Waals surface area contributed by atoms with E-state index in [2.05, 4.69) is 0 Å². The molecule has 0 saturated carbocycles. The van der Waals surface area contributed by atoms with Gasteiger partial charge in [-0.3, -0.25) is 4.79 Å². The molecule has 33 heavy (non-hydrogen) atoms. The summed E-state index contributed by atoms with van der Waals surface area (Å²) in [4.78, 5) is 14.5. The van der Waals surface area contributed by atoms with Crippen LogP contribution in [-0.4, -0.2) is 31.7 Å². The molecule has 3 aromatic rings. The Balaban J connectivity index is 1.61. The summed E-state index contributed by atoms with van der Waals surface area (Å²) in [7, 11) is -3.95. The molecule has 1 aromatic heterocycles. The number of amides is 1. The molecule has 0 bridgehead atoms. The zero-order valence-electron chi connectivity index (χ0n) is 17.5. The number of carbonyl (C=O) groups excluding carboxylic acids is 1. The van der Waals surface area contributed by atoms with Crippen molar-refractivity contribution in [2.24, 2.45) is 5.92 Å². The van der Waals surface area contributed by atoms with E-state index in [0.29, 0.717) is 24.7 Å². The molecule has 4 rings (SSSR count). The SMILES string of the molecule is O=C(C1CCCN(S(=O)(=O)c2ccc(F)cc2)C1)N(Cc1ccco1)c1ccc(F)cc1F.